The number of aliphatic hydroxyl groups excluding tert-OH is 1. The Morgan fingerprint density at radius 3 is 2.56 bits per heavy atom. The molecule has 1 aromatic carbocycles. The molecule has 2 N–H and O–H groups in total. The van der Waals surface area contributed by atoms with E-state index in [4.69, 9.17) is 9.47 Å². The quantitative estimate of drug-likeness (QED) is 0.410. The fourth-order valence-corrected chi connectivity index (χ4v) is 6.57. The SMILES string of the molecule is CC(C)[C@H](CO)N1C(=O)[C@H]2[C@@H]3C(=O)O[C@@H](C)CNC(=O)CC/C=C\[C@@H]3O[C@]23C=CCN(Cc2ccccc2)C(=O)[C@H]13. The molecule has 4 aliphatic rings. The van der Waals surface area contributed by atoms with Crippen LogP contribution in [-0.2, 0) is 35.2 Å². The summed E-state index contributed by atoms with van der Waals surface area (Å²) in [6, 6.07) is 7.87. The van der Waals surface area contributed by atoms with Crippen LogP contribution in [0.2, 0.25) is 0 Å². The minimum absolute atomic E-state index is 0.150. The number of hydrogen-bond acceptors (Lipinski definition) is 7. The first-order valence-electron chi connectivity index (χ1n) is 14.4. The first-order chi connectivity index (χ1) is 19.7. The van der Waals surface area contributed by atoms with Gasteiger partial charge in [-0.3, -0.25) is 19.2 Å². The Hall–Kier alpha value is -3.50. The number of ether oxygens (including phenoxy) is 2. The van der Waals surface area contributed by atoms with Gasteiger partial charge in [0.25, 0.3) is 0 Å². The van der Waals surface area contributed by atoms with Crippen molar-refractivity contribution in [2.75, 3.05) is 19.7 Å². The molecule has 2 saturated heterocycles. The Balaban J connectivity index is 1.59. The topological polar surface area (TPSA) is 125 Å². The summed E-state index contributed by atoms with van der Waals surface area (Å²) in [7, 11) is 0. The molecule has 7 atom stereocenters. The van der Waals surface area contributed by atoms with Gasteiger partial charge in [0.05, 0.1) is 31.2 Å². The lowest BCUT2D eigenvalue weighted by Crippen LogP contribution is -2.59. The van der Waals surface area contributed by atoms with Crippen molar-refractivity contribution < 1.29 is 33.8 Å². The highest BCUT2D eigenvalue weighted by atomic mass is 16.6. The van der Waals surface area contributed by atoms with Crippen LogP contribution in [0.1, 0.15) is 39.2 Å². The van der Waals surface area contributed by atoms with Gasteiger partial charge in [0, 0.05) is 19.5 Å². The van der Waals surface area contributed by atoms with E-state index in [1.807, 2.05) is 50.3 Å². The number of aliphatic hydroxyl groups is 1. The molecule has 2 fully saturated rings. The number of rotatable bonds is 5. The van der Waals surface area contributed by atoms with Crippen molar-refractivity contribution in [2.45, 2.75) is 70.1 Å². The van der Waals surface area contributed by atoms with E-state index in [0.29, 0.717) is 19.5 Å². The molecule has 1 spiro atoms. The monoisotopic (exact) mass is 565 g/mol. The summed E-state index contributed by atoms with van der Waals surface area (Å²) < 4.78 is 12.4. The maximum absolute atomic E-state index is 14.4. The third-order valence-corrected chi connectivity index (χ3v) is 8.59. The van der Waals surface area contributed by atoms with Crippen LogP contribution in [0.25, 0.3) is 0 Å². The van der Waals surface area contributed by atoms with Crippen molar-refractivity contribution in [2.24, 2.45) is 17.8 Å². The van der Waals surface area contributed by atoms with Gasteiger partial charge in [-0.25, -0.2) is 0 Å². The van der Waals surface area contributed by atoms with Gasteiger partial charge in [0.1, 0.15) is 23.7 Å². The van der Waals surface area contributed by atoms with E-state index in [0.717, 1.165) is 5.56 Å². The van der Waals surface area contributed by atoms with Gasteiger partial charge in [-0.2, -0.15) is 0 Å². The summed E-state index contributed by atoms with van der Waals surface area (Å²) in [6.07, 6.45) is 6.34. The Labute approximate surface area is 240 Å². The van der Waals surface area contributed by atoms with Crippen LogP contribution >= 0.6 is 0 Å². The first-order valence-corrected chi connectivity index (χ1v) is 14.4. The highest BCUT2D eigenvalue weighted by Crippen LogP contribution is 2.54. The molecule has 10 nitrogen and oxygen atoms in total. The van der Waals surface area contributed by atoms with E-state index >= 15 is 0 Å². The Morgan fingerprint density at radius 2 is 1.85 bits per heavy atom. The van der Waals surface area contributed by atoms with Crippen molar-refractivity contribution in [1.29, 1.82) is 0 Å². The largest absolute Gasteiger partial charge is 0.460 e. The smallest absolute Gasteiger partial charge is 0.313 e. The van der Waals surface area contributed by atoms with Crippen molar-refractivity contribution in [3.8, 4) is 0 Å². The number of fused-ring (bicyclic) bond motifs is 2. The van der Waals surface area contributed by atoms with Crippen LogP contribution in [0, 0.1) is 17.8 Å². The van der Waals surface area contributed by atoms with Gasteiger partial charge in [-0.15, -0.1) is 0 Å². The summed E-state index contributed by atoms with van der Waals surface area (Å²) in [5.74, 6) is -3.67. The number of benzene rings is 1. The van der Waals surface area contributed by atoms with Gasteiger partial charge in [0.15, 0.2) is 0 Å². The summed E-state index contributed by atoms with van der Waals surface area (Å²) in [4.78, 5) is 57.9. The molecule has 4 aliphatic heterocycles. The fourth-order valence-electron chi connectivity index (χ4n) is 6.57. The minimum Gasteiger partial charge on any atom is -0.460 e. The first kappa shape index (κ1) is 29.0. The normalized spacial score (nSPS) is 33.6. The number of likely N-dealkylation sites (tertiary alicyclic amines) is 1. The van der Waals surface area contributed by atoms with E-state index in [1.165, 1.54) is 4.90 Å². The maximum atomic E-state index is 14.4. The third-order valence-electron chi connectivity index (χ3n) is 8.59. The molecule has 41 heavy (non-hydrogen) atoms. The van der Waals surface area contributed by atoms with Crippen molar-refractivity contribution in [1.82, 2.24) is 15.1 Å². The number of hydrogen-bond donors (Lipinski definition) is 2. The van der Waals surface area contributed by atoms with E-state index in [-0.39, 0.29) is 37.3 Å². The predicted octanol–water partition coefficient (Wildman–Crippen LogP) is 1.58. The number of allylic oxidation sites excluding steroid dienone is 1. The third kappa shape index (κ3) is 5.30. The molecule has 5 rings (SSSR count). The molecular weight excluding hydrogens is 526 g/mol. The summed E-state index contributed by atoms with van der Waals surface area (Å²) in [6.45, 7) is 5.91. The van der Waals surface area contributed by atoms with Crippen LogP contribution in [0.5, 0.6) is 0 Å². The highest BCUT2D eigenvalue weighted by Gasteiger charge is 2.72. The van der Waals surface area contributed by atoms with Gasteiger partial charge < -0.3 is 29.7 Å². The van der Waals surface area contributed by atoms with Gasteiger partial charge >= 0.3 is 5.97 Å². The molecule has 0 aromatic heterocycles. The number of amides is 3. The standard InChI is InChI=1S/C31H39N3O7/c1-19(2)22(18-35)34-27-29(38)33(17-21-10-5-4-6-11-21)15-9-14-31(27)26(28(34)37)25-23(41-31)12-7-8-13-24(36)32-16-20(3)40-30(25)39/h4-7,9-12,14,19-20,22-23,25-27,35H,8,13,15-18H2,1-3H3,(H,32,36)/b12-7-/t20-,22-,23-,25+,26+,27-,31+/m0/s1. The molecule has 220 valence electrons. The second kappa shape index (κ2) is 11.8. The van der Waals surface area contributed by atoms with Gasteiger partial charge in [0.2, 0.25) is 17.7 Å². The molecule has 3 amide bonds. The zero-order valence-corrected chi connectivity index (χ0v) is 23.8. The molecule has 0 unspecified atom stereocenters. The lowest BCUT2D eigenvalue weighted by atomic mass is 9.78. The average molecular weight is 566 g/mol. The molecule has 0 bridgehead atoms. The lowest BCUT2D eigenvalue weighted by molar-refractivity contribution is -0.160. The van der Waals surface area contributed by atoms with Crippen LogP contribution < -0.4 is 5.32 Å². The minimum atomic E-state index is -1.43. The number of carbonyl (C=O) groups is 4. The molecule has 0 saturated carbocycles. The zero-order chi connectivity index (χ0) is 29.3. The summed E-state index contributed by atoms with van der Waals surface area (Å²) >= 11 is 0. The Kier molecular flexibility index (Phi) is 8.33. The maximum Gasteiger partial charge on any atom is 0.313 e. The number of cyclic esters (lactones) is 1. The Bertz CT molecular complexity index is 1230. The van der Waals surface area contributed by atoms with E-state index in [9.17, 15) is 24.3 Å². The number of carbonyl (C=O) groups excluding carboxylic acids is 4. The van der Waals surface area contributed by atoms with Crippen molar-refractivity contribution in [3.05, 3.63) is 60.2 Å². The number of nitrogens with zero attached hydrogens (tertiary/aromatic N) is 2. The van der Waals surface area contributed by atoms with Crippen LogP contribution in [0.15, 0.2) is 54.6 Å². The van der Waals surface area contributed by atoms with Gasteiger partial charge in [-0.05, 0) is 24.8 Å². The zero-order valence-electron chi connectivity index (χ0n) is 23.8. The van der Waals surface area contributed by atoms with E-state index < -0.39 is 53.6 Å². The molecule has 10 heteroatoms. The molecule has 4 heterocycles. The van der Waals surface area contributed by atoms with Gasteiger partial charge in [-0.1, -0.05) is 68.5 Å². The highest BCUT2D eigenvalue weighted by molar-refractivity contribution is 5.99. The molecular formula is C31H39N3O7. The van der Waals surface area contributed by atoms with Crippen LogP contribution in [-0.4, -0.2) is 88.2 Å². The molecule has 1 aromatic rings. The average Bonchev–Trinajstić information content (AvgIpc) is 3.33. The Morgan fingerprint density at radius 1 is 1.10 bits per heavy atom. The van der Waals surface area contributed by atoms with Crippen molar-refractivity contribution in [3.63, 3.8) is 0 Å². The summed E-state index contributed by atoms with van der Waals surface area (Å²) in [5.41, 5.74) is -0.490. The van der Waals surface area contributed by atoms with Crippen LogP contribution in [0.3, 0.4) is 0 Å². The number of nitrogens with one attached hydrogen (secondary N) is 1. The number of esters is 1. The van der Waals surface area contributed by atoms with Crippen LogP contribution in [0.4, 0.5) is 0 Å². The fraction of sp³-hybridized carbons (Fsp3) is 0.548. The lowest BCUT2D eigenvalue weighted by Gasteiger charge is -2.39. The summed E-state index contributed by atoms with van der Waals surface area (Å²) in [5, 5.41) is 13.2. The van der Waals surface area contributed by atoms with Crippen molar-refractivity contribution >= 4 is 23.7 Å². The second-order valence-corrected chi connectivity index (χ2v) is 11.7. The molecule has 0 aliphatic carbocycles. The second-order valence-electron chi connectivity index (χ2n) is 11.7. The van der Waals surface area contributed by atoms with E-state index in [2.05, 4.69) is 5.32 Å². The van der Waals surface area contributed by atoms with E-state index in [1.54, 1.807) is 30.1 Å². The predicted molar refractivity (Wildman–Crippen MR) is 149 cm³/mol. The molecule has 0 radical (unpaired) electrons.